The molecule has 0 radical (unpaired) electrons. The van der Waals surface area contributed by atoms with Gasteiger partial charge < -0.3 is 5.32 Å². The topological polar surface area (TPSA) is 58.9 Å². The Balaban J connectivity index is 1.40. The zero-order valence-electron chi connectivity index (χ0n) is 14.1. The van der Waals surface area contributed by atoms with Crippen molar-refractivity contribution < 1.29 is 4.39 Å². The van der Waals surface area contributed by atoms with Gasteiger partial charge in [-0.25, -0.2) is 9.37 Å². The lowest BCUT2D eigenvalue weighted by molar-refractivity contribution is 0.205. The minimum Gasteiger partial charge on any atom is -0.363 e. The maximum atomic E-state index is 13.2. The Morgan fingerprint density at radius 1 is 1.19 bits per heavy atom. The third-order valence-corrected chi connectivity index (χ3v) is 4.70. The highest BCUT2D eigenvalue weighted by molar-refractivity contribution is 6.31. The maximum absolute atomic E-state index is 13.2. The van der Waals surface area contributed by atoms with Crippen molar-refractivity contribution >= 4 is 17.4 Å². The predicted molar refractivity (Wildman–Crippen MR) is 97.1 cm³/mol. The van der Waals surface area contributed by atoms with E-state index in [4.69, 9.17) is 11.6 Å². The fraction of sp³-hybridized carbons (Fsp3) is 0.278. The highest BCUT2D eigenvalue weighted by Crippen LogP contribution is 2.22. The molecule has 1 aliphatic rings. The van der Waals surface area contributed by atoms with Gasteiger partial charge in [-0.3, -0.25) is 14.6 Å². The molecule has 0 saturated heterocycles. The van der Waals surface area contributed by atoms with Crippen LogP contribution >= 0.6 is 11.6 Å². The molecular formula is C18H18ClFN6. The van der Waals surface area contributed by atoms with Gasteiger partial charge in [0.25, 0.3) is 0 Å². The summed E-state index contributed by atoms with van der Waals surface area (Å²) in [5.74, 6) is 0.418. The molecule has 2 aromatic heterocycles. The SMILES string of the molecule is Fc1ccc(CN2CCn3nc(CNc4cnccn4)cc3C2)c(Cl)c1. The minimum absolute atomic E-state index is 0.310. The molecule has 1 aromatic carbocycles. The van der Waals surface area contributed by atoms with E-state index in [0.29, 0.717) is 18.1 Å². The zero-order chi connectivity index (χ0) is 17.9. The van der Waals surface area contributed by atoms with Crippen LogP contribution in [0.2, 0.25) is 5.02 Å². The Bertz CT molecular complexity index is 898. The van der Waals surface area contributed by atoms with Crippen molar-refractivity contribution in [2.45, 2.75) is 26.2 Å². The summed E-state index contributed by atoms with van der Waals surface area (Å²) in [6.45, 7) is 3.77. The molecule has 1 N–H and O–H groups in total. The second-order valence-corrected chi connectivity index (χ2v) is 6.65. The van der Waals surface area contributed by atoms with Crippen LogP contribution in [0.4, 0.5) is 10.2 Å². The van der Waals surface area contributed by atoms with E-state index in [2.05, 4.69) is 31.3 Å². The van der Waals surface area contributed by atoms with Gasteiger partial charge in [0, 0.05) is 37.1 Å². The van der Waals surface area contributed by atoms with E-state index in [-0.39, 0.29) is 5.82 Å². The van der Waals surface area contributed by atoms with Crippen LogP contribution in [0.25, 0.3) is 0 Å². The summed E-state index contributed by atoms with van der Waals surface area (Å²) in [6, 6.07) is 6.66. The van der Waals surface area contributed by atoms with E-state index in [1.54, 1.807) is 24.7 Å². The van der Waals surface area contributed by atoms with Crippen molar-refractivity contribution in [2.75, 3.05) is 11.9 Å². The molecule has 0 saturated carbocycles. The normalized spacial score (nSPS) is 14.2. The van der Waals surface area contributed by atoms with Crippen molar-refractivity contribution in [2.24, 2.45) is 0 Å². The van der Waals surface area contributed by atoms with Crippen LogP contribution in [0.15, 0.2) is 42.9 Å². The van der Waals surface area contributed by atoms with Gasteiger partial charge in [-0.1, -0.05) is 17.7 Å². The third-order valence-electron chi connectivity index (χ3n) is 4.35. The molecule has 26 heavy (non-hydrogen) atoms. The number of nitrogens with one attached hydrogen (secondary N) is 1. The van der Waals surface area contributed by atoms with E-state index < -0.39 is 0 Å². The van der Waals surface area contributed by atoms with Gasteiger partial charge in [0.05, 0.1) is 30.7 Å². The first-order valence-corrected chi connectivity index (χ1v) is 8.77. The summed E-state index contributed by atoms with van der Waals surface area (Å²) < 4.78 is 15.2. The number of fused-ring (bicyclic) bond motifs is 1. The van der Waals surface area contributed by atoms with Crippen molar-refractivity contribution in [3.05, 3.63) is 70.6 Å². The van der Waals surface area contributed by atoms with E-state index in [1.807, 2.05) is 4.68 Å². The molecule has 4 rings (SSSR count). The first-order valence-electron chi connectivity index (χ1n) is 8.39. The lowest BCUT2D eigenvalue weighted by Crippen LogP contribution is -2.33. The van der Waals surface area contributed by atoms with Crippen LogP contribution in [0.3, 0.4) is 0 Å². The number of benzene rings is 1. The standard InChI is InChI=1S/C18H18ClFN6/c19-17-7-14(20)2-1-13(17)11-25-5-6-26-16(12-25)8-15(24-26)9-23-18-10-21-3-4-22-18/h1-4,7-8,10H,5-6,9,11-12H2,(H,22,23). The Hall–Kier alpha value is -2.51. The fourth-order valence-electron chi connectivity index (χ4n) is 3.06. The average molecular weight is 373 g/mol. The zero-order valence-corrected chi connectivity index (χ0v) is 14.8. The molecule has 3 aromatic rings. The number of aromatic nitrogens is 4. The van der Waals surface area contributed by atoms with Gasteiger partial charge in [0.1, 0.15) is 11.6 Å². The third kappa shape index (κ3) is 3.84. The molecule has 3 heterocycles. The lowest BCUT2D eigenvalue weighted by atomic mass is 10.2. The largest absolute Gasteiger partial charge is 0.363 e. The summed E-state index contributed by atoms with van der Waals surface area (Å²) in [5, 5.41) is 8.33. The monoisotopic (exact) mass is 372 g/mol. The number of nitrogens with zero attached hydrogens (tertiary/aromatic N) is 5. The molecule has 0 bridgehead atoms. The van der Waals surface area contributed by atoms with Gasteiger partial charge in [0.15, 0.2) is 0 Å². The van der Waals surface area contributed by atoms with Gasteiger partial charge in [-0.2, -0.15) is 5.10 Å². The summed E-state index contributed by atoms with van der Waals surface area (Å²) in [7, 11) is 0. The molecule has 0 aliphatic carbocycles. The number of anilines is 1. The number of hydrogen-bond donors (Lipinski definition) is 1. The van der Waals surface area contributed by atoms with Crippen molar-refractivity contribution in [3.8, 4) is 0 Å². The predicted octanol–water partition coefficient (Wildman–Crippen LogP) is 3.09. The number of halogens is 2. The fourth-order valence-corrected chi connectivity index (χ4v) is 3.29. The van der Waals surface area contributed by atoms with Crippen LogP contribution in [-0.2, 0) is 26.2 Å². The molecule has 6 nitrogen and oxygen atoms in total. The van der Waals surface area contributed by atoms with Crippen LogP contribution in [0, 0.1) is 5.82 Å². The van der Waals surface area contributed by atoms with E-state index >= 15 is 0 Å². The molecule has 0 fully saturated rings. The van der Waals surface area contributed by atoms with Crippen molar-refractivity contribution in [1.29, 1.82) is 0 Å². The summed E-state index contributed by atoms with van der Waals surface area (Å²) >= 11 is 6.15. The lowest BCUT2D eigenvalue weighted by Gasteiger charge is -2.27. The average Bonchev–Trinajstić information content (AvgIpc) is 3.05. The van der Waals surface area contributed by atoms with Crippen molar-refractivity contribution in [3.63, 3.8) is 0 Å². The minimum atomic E-state index is -0.310. The molecule has 8 heteroatoms. The van der Waals surface area contributed by atoms with Gasteiger partial charge in [-0.05, 0) is 23.8 Å². The molecule has 134 valence electrons. The van der Waals surface area contributed by atoms with Gasteiger partial charge in [0.2, 0.25) is 0 Å². The first kappa shape index (κ1) is 16.9. The van der Waals surface area contributed by atoms with Gasteiger partial charge in [-0.15, -0.1) is 0 Å². The molecular weight excluding hydrogens is 355 g/mol. The summed E-state index contributed by atoms with van der Waals surface area (Å²) in [4.78, 5) is 10.5. The smallest absolute Gasteiger partial charge is 0.144 e. The van der Waals surface area contributed by atoms with Crippen LogP contribution in [0.5, 0.6) is 0 Å². The second kappa shape index (κ2) is 7.39. The summed E-state index contributed by atoms with van der Waals surface area (Å²) in [5.41, 5.74) is 3.06. The molecule has 1 aliphatic heterocycles. The maximum Gasteiger partial charge on any atom is 0.144 e. The second-order valence-electron chi connectivity index (χ2n) is 6.24. The van der Waals surface area contributed by atoms with Gasteiger partial charge >= 0.3 is 0 Å². The van der Waals surface area contributed by atoms with E-state index in [9.17, 15) is 4.39 Å². The Morgan fingerprint density at radius 2 is 2.12 bits per heavy atom. The van der Waals surface area contributed by atoms with E-state index in [1.165, 1.54) is 12.1 Å². The number of rotatable bonds is 5. The Morgan fingerprint density at radius 3 is 2.92 bits per heavy atom. The summed E-state index contributed by atoms with van der Waals surface area (Å²) in [6.07, 6.45) is 4.98. The molecule has 0 atom stereocenters. The molecule has 0 unspecified atom stereocenters. The van der Waals surface area contributed by atoms with Crippen molar-refractivity contribution in [1.82, 2.24) is 24.6 Å². The van der Waals surface area contributed by atoms with E-state index in [0.717, 1.165) is 42.4 Å². The highest BCUT2D eigenvalue weighted by Gasteiger charge is 2.19. The number of hydrogen-bond acceptors (Lipinski definition) is 5. The quantitative estimate of drug-likeness (QED) is 0.745. The van der Waals surface area contributed by atoms with Crippen LogP contribution in [-0.4, -0.2) is 31.2 Å². The Kier molecular flexibility index (Phi) is 4.81. The first-order chi connectivity index (χ1) is 12.7. The van der Waals surface area contributed by atoms with Crippen LogP contribution < -0.4 is 5.32 Å². The molecule has 0 amide bonds. The Labute approximate surface area is 155 Å². The highest BCUT2D eigenvalue weighted by atomic mass is 35.5. The van der Waals surface area contributed by atoms with Crippen LogP contribution in [0.1, 0.15) is 17.0 Å². The molecule has 0 spiro atoms.